The number of thioether (sulfide) groups is 1. The van der Waals surface area contributed by atoms with Gasteiger partial charge in [-0.05, 0) is 68.1 Å². The summed E-state index contributed by atoms with van der Waals surface area (Å²) in [5, 5.41) is 12.6. The van der Waals surface area contributed by atoms with Crippen LogP contribution in [0.4, 0.5) is 11.6 Å². The second-order valence-electron chi connectivity index (χ2n) is 10.4. The molecule has 224 valence electrons. The second-order valence-corrected chi connectivity index (χ2v) is 11.9. The Hall–Kier alpha value is -3.95. The van der Waals surface area contributed by atoms with Crippen molar-refractivity contribution >= 4 is 40.9 Å². The van der Waals surface area contributed by atoms with Crippen LogP contribution in [-0.2, 0) is 11.4 Å². The molecule has 1 unspecified atom stereocenters. The molecule has 2 heterocycles. The monoisotopic (exact) mass is 617 g/mol. The topological polar surface area (TPSA) is 90.3 Å². The number of rotatable bonds is 11. The highest BCUT2D eigenvalue weighted by atomic mass is 35.5. The van der Waals surface area contributed by atoms with Gasteiger partial charge in [0.2, 0.25) is 11.1 Å². The number of anilines is 2. The van der Waals surface area contributed by atoms with E-state index in [4.69, 9.17) is 31.2 Å². The van der Waals surface area contributed by atoms with Crippen LogP contribution in [0, 0.1) is 13.8 Å². The number of allylic oxidation sites excluding steroid dienone is 1. The summed E-state index contributed by atoms with van der Waals surface area (Å²) in [5.74, 6) is 2.39. The molecule has 0 radical (unpaired) electrons. The lowest BCUT2D eigenvalue weighted by molar-refractivity contribution is -0.113. The number of carbonyl (C=O) groups is 1. The van der Waals surface area contributed by atoms with Gasteiger partial charge in [0.05, 0.1) is 12.7 Å². The summed E-state index contributed by atoms with van der Waals surface area (Å²) < 4.78 is 13.7. The zero-order valence-electron chi connectivity index (χ0n) is 25.0. The van der Waals surface area contributed by atoms with Gasteiger partial charge in [-0.15, -0.1) is 5.10 Å². The third kappa shape index (κ3) is 6.68. The van der Waals surface area contributed by atoms with Crippen LogP contribution in [0.3, 0.4) is 0 Å². The molecule has 1 atom stereocenters. The fraction of sp³-hybridized carbons (Fsp3) is 0.303. The average molecular weight is 618 g/mol. The standard InChI is InChI=1S/C33H36ClN5O3S/c1-6-7-17-43-33-37-32-35-22(4)29(31(40)36-26-14-10-11-20(2)21(26)3)30(39(32)38-33)23-15-16-27(28(18-23)41-5)42-19-24-12-8-9-13-25(24)34/h8-16,18,30H,6-7,17,19H2,1-5H3,(H,36,40)(H,35,37,38). The number of fused-ring (bicyclic) bond motifs is 1. The predicted molar refractivity (Wildman–Crippen MR) is 173 cm³/mol. The molecule has 43 heavy (non-hydrogen) atoms. The number of halogens is 1. The first kappa shape index (κ1) is 30.5. The number of hydrogen-bond donors (Lipinski definition) is 2. The van der Waals surface area contributed by atoms with Gasteiger partial charge in [-0.25, -0.2) is 4.68 Å². The lowest BCUT2D eigenvalue weighted by atomic mass is 9.94. The zero-order chi connectivity index (χ0) is 30.5. The molecule has 10 heteroatoms. The number of nitrogens with zero attached hydrogens (tertiary/aromatic N) is 3. The molecule has 1 aliphatic heterocycles. The molecular weight excluding hydrogens is 582 g/mol. The van der Waals surface area contributed by atoms with Crippen molar-refractivity contribution in [3.63, 3.8) is 0 Å². The van der Waals surface area contributed by atoms with Crippen LogP contribution in [0.25, 0.3) is 0 Å². The van der Waals surface area contributed by atoms with Gasteiger partial charge in [-0.2, -0.15) is 4.98 Å². The number of hydrogen-bond acceptors (Lipinski definition) is 7. The first-order valence-electron chi connectivity index (χ1n) is 14.3. The minimum atomic E-state index is -0.555. The highest BCUT2D eigenvalue weighted by Gasteiger charge is 2.35. The Morgan fingerprint density at radius 2 is 1.91 bits per heavy atom. The van der Waals surface area contributed by atoms with Crippen molar-refractivity contribution < 1.29 is 14.3 Å². The van der Waals surface area contributed by atoms with Crippen LogP contribution in [-0.4, -0.2) is 33.5 Å². The number of unbranched alkanes of at least 4 members (excludes halogenated alkanes) is 1. The maximum Gasteiger partial charge on any atom is 0.255 e. The number of benzene rings is 3. The van der Waals surface area contributed by atoms with Gasteiger partial charge >= 0.3 is 0 Å². The molecule has 0 saturated carbocycles. The molecule has 8 nitrogen and oxygen atoms in total. The van der Waals surface area contributed by atoms with Crippen molar-refractivity contribution in [1.82, 2.24) is 14.8 Å². The van der Waals surface area contributed by atoms with E-state index in [1.807, 2.05) is 81.4 Å². The van der Waals surface area contributed by atoms with E-state index in [-0.39, 0.29) is 12.5 Å². The Morgan fingerprint density at radius 3 is 2.67 bits per heavy atom. The van der Waals surface area contributed by atoms with Gasteiger partial charge in [-0.3, -0.25) is 4.79 Å². The molecule has 0 saturated heterocycles. The molecule has 4 aromatic rings. The molecule has 0 spiro atoms. The largest absolute Gasteiger partial charge is 0.493 e. The van der Waals surface area contributed by atoms with Crippen LogP contribution in [0.1, 0.15) is 55.0 Å². The van der Waals surface area contributed by atoms with Crippen LogP contribution < -0.4 is 20.1 Å². The minimum absolute atomic E-state index is 0.219. The number of aryl methyl sites for hydroxylation is 1. The van der Waals surface area contributed by atoms with E-state index in [2.05, 4.69) is 17.6 Å². The molecule has 5 rings (SSSR count). The van der Waals surface area contributed by atoms with E-state index in [0.717, 1.165) is 46.5 Å². The third-order valence-electron chi connectivity index (χ3n) is 7.50. The Morgan fingerprint density at radius 1 is 1.09 bits per heavy atom. The number of ether oxygens (including phenoxy) is 2. The normalized spacial score (nSPS) is 14.2. The van der Waals surface area contributed by atoms with Crippen molar-refractivity contribution in [1.29, 1.82) is 0 Å². The highest BCUT2D eigenvalue weighted by Crippen LogP contribution is 2.40. The molecule has 0 bridgehead atoms. The number of methoxy groups -OCH3 is 1. The summed E-state index contributed by atoms with van der Waals surface area (Å²) in [6.07, 6.45) is 2.16. The average Bonchev–Trinajstić information content (AvgIpc) is 3.40. The summed E-state index contributed by atoms with van der Waals surface area (Å²) in [6, 6.07) is 18.6. The third-order valence-corrected chi connectivity index (χ3v) is 8.80. The highest BCUT2D eigenvalue weighted by molar-refractivity contribution is 7.99. The maximum atomic E-state index is 14.0. The summed E-state index contributed by atoms with van der Waals surface area (Å²) in [7, 11) is 1.60. The van der Waals surface area contributed by atoms with Gasteiger partial charge < -0.3 is 20.1 Å². The van der Waals surface area contributed by atoms with E-state index in [9.17, 15) is 4.79 Å². The van der Waals surface area contributed by atoms with Gasteiger partial charge in [0.25, 0.3) is 5.91 Å². The Bertz CT molecular complexity index is 1670. The first-order chi connectivity index (χ1) is 20.8. The fourth-order valence-electron chi connectivity index (χ4n) is 4.92. The van der Waals surface area contributed by atoms with Crippen molar-refractivity contribution in [3.05, 3.63) is 99.2 Å². The molecule has 1 aliphatic rings. The fourth-order valence-corrected chi connectivity index (χ4v) is 6.03. The lowest BCUT2D eigenvalue weighted by Gasteiger charge is -2.29. The van der Waals surface area contributed by atoms with Crippen LogP contribution in [0.2, 0.25) is 5.02 Å². The number of nitrogens with one attached hydrogen (secondary N) is 2. The SMILES string of the molecule is CCCCSc1nc2n(n1)C(c1ccc(OCc3ccccc3Cl)c(OC)c1)C(C(=O)Nc1cccc(C)c1C)=C(C)N2. The minimum Gasteiger partial charge on any atom is -0.493 e. The molecule has 0 aliphatic carbocycles. The predicted octanol–water partition coefficient (Wildman–Crippen LogP) is 7.96. The van der Waals surface area contributed by atoms with E-state index in [1.54, 1.807) is 23.6 Å². The lowest BCUT2D eigenvalue weighted by Crippen LogP contribution is -2.31. The second kappa shape index (κ2) is 13.6. The van der Waals surface area contributed by atoms with Gasteiger partial charge in [0.1, 0.15) is 12.6 Å². The molecule has 1 aromatic heterocycles. The number of aromatic nitrogens is 3. The van der Waals surface area contributed by atoms with Gasteiger partial charge in [-0.1, -0.05) is 73.1 Å². The molecule has 3 aromatic carbocycles. The smallest absolute Gasteiger partial charge is 0.255 e. The molecule has 2 N–H and O–H groups in total. The number of amides is 1. The number of carbonyl (C=O) groups excluding carboxylic acids is 1. The van der Waals surface area contributed by atoms with Gasteiger partial charge in [0.15, 0.2) is 11.5 Å². The van der Waals surface area contributed by atoms with Crippen LogP contribution in [0.5, 0.6) is 11.5 Å². The van der Waals surface area contributed by atoms with Crippen molar-refractivity contribution in [2.24, 2.45) is 0 Å². The van der Waals surface area contributed by atoms with E-state index in [0.29, 0.717) is 38.9 Å². The summed E-state index contributed by atoms with van der Waals surface area (Å²) >= 11 is 7.95. The van der Waals surface area contributed by atoms with Crippen molar-refractivity contribution in [3.8, 4) is 11.5 Å². The molecular formula is C33H36ClN5O3S. The molecule has 0 fully saturated rings. The Balaban J connectivity index is 1.52. The van der Waals surface area contributed by atoms with E-state index in [1.165, 1.54) is 0 Å². The Labute approximate surface area is 261 Å². The summed E-state index contributed by atoms with van der Waals surface area (Å²) in [4.78, 5) is 18.8. The van der Waals surface area contributed by atoms with Crippen LogP contribution in [0.15, 0.2) is 77.1 Å². The maximum absolute atomic E-state index is 14.0. The molecule has 1 amide bonds. The summed E-state index contributed by atoms with van der Waals surface area (Å²) in [5.41, 5.74) is 5.82. The van der Waals surface area contributed by atoms with E-state index < -0.39 is 6.04 Å². The quantitative estimate of drug-likeness (QED) is 0.130. The Kier molecular flexibility index (Phi) is 9.62. The van der Waals surface area contributed by atoms with Crippen LogP contribution >= 0.6 is 23.4 Å². The zero-order valence-corrected chi connectivity index (χ0v) is 26.6. The van der Waals surface area contributed by atoms with Crippen molar-refractivity contribution in [2.45, 2.75) is 58.3 Å². The summed E-state index contributed by atoms with van der Waals surface area (Å²) in [6.45, 7) is 8.38. The van der Waals surface area contributed by atoms with Gasteiger partial charge in [0, 0.05) is 27.7 Å². The van der Waals surface area contributed by atoms with E-state index >= 15 is 0 Å². The first-order valence-corrected chi connectivity index (χ1v) is 15.7. The van der Waals surface area contributed by atoms with Crippen molar-refractivity contribution in [2.75, 3.05) is 23.5 Å².